The minimum atomic E-state index is 0.0235. The molecule has 3 aromatic rings. The van der Waals surface area contributed by atoms with Crippen LogP contribution in [0.3, 0.4) is 0 Å². The highest BCUT2D eigenvalue weighted by Gasteiger charge is 2.46. The van der Waals surface area contributed by atoms with Crippen LogP contribution in [-0.4, -0.2) is 29.1 Å². The first kappa shape index (κ1) is 41.9. The van der Waals surface area contributed by atoms with Crippen LogP contribution in [0.2, 0.25) is 0 Å². The van der Waals surface area contributed by atoms with Crippen LogP contribution < -0.4 is 20.1 Å². The maximum Gasteiger partial charge on any atom is 0.128 e. The lowest BCUT2D eigenvalue weighted by Crippen LogP contribution is -2.46. The lowest BCUT2D eigenvalue weighted by Gasteiger charge is -2.45. The van der Waals surface area contributed by atoms with Gasteiger partial charge in [-0.25, -0.2) is 0 Å². The van der Waals surface area contributed by atoms with Gasteiger partial charge in [-0.3, -0.25) is 0 Å². The van der Waals surface area contributed by atoms with Crippen molar-refractivity contribution in [2.24, 2.45) is 11.3 Å². The largest absolute Gasteiger partial charge is 0.485 e. The molecule has 7 unspecified atom stereocenters. The van der Waals surface area contributed by atoms with Crippen molar-refractivity contribution in [2.75, 3.05) is 4.90 Å². The quantitative estimate of drug-likeness (QED) is 0.229. The van der Waals surface area contributed by atoms with Gasteiger partial charge in [0, 0.05) is 63.3 Å². The molecule has 69 heavy (non-hydrogen) atoms. The fraction of sp³-hybridized carbons (Fsp3) is 0.364. The van der Waals surface area contributed by atoms with Crippen LogP contribution in [0.1, 0.15) is 127 Å². The Hall–Kier alpha value is -6.06. The molecule has 1 saturated carbocycles. The lowest BCUT2D eigenvalue weighted by molar-refractivity contribution is 0.193. The predicted molar refractivity (Wildman–Crippen MR) is 284 cm³/mol. The summed E-state index contributed by atoms with van der Waals surface area (Å²) >= 11 is 0. The fourth-order valence-corrected chi connectivity index (χ4v) is 15.3. The number of allylic oxidation sites excluding steroid dienone is 18. The fourth-order valence-electron chi connectivity index (χ4n) is 15.3. The Bertz CT molecular complexity index is 3230. The first-order valence-corrected chi connectivity index (χ1v) is 26.7. The summed E-state index contributed by atoms with van der Waals surface area (Å²) in [6.07, 6.45) is 46.8. The summed E-state index contributed by atoms with van der Waals surface area (Å²) in [6, 6.07) is 26.6. The van der Waals surface area contributed by atoms with Gasteiger partial charge in [-0.15, -0.1) is 0 Å². The van der Waals surface area contributed by atoms with E-state index in [9.17, 15) is 0 Å². The summed E-state index contributed by atoms with van der Waals surface area (Å²) in [7, 11) is 0. The molecule has 3 nitrogen and oxygen atoms in total. The van der Waals surface area contributed by atoms with Crippen LogP contribution in [0, 0.1) is 11.3 Å². The smallest absolute Gasteiger partial charge is 0.128 e. The van der Waals surface area contributed by atoms with Crippen molar-refractivity contribution >= 4 is 17.8 Å². The summed E-state index contributed by atoms with van der Waals surface area (Å²) in [5, 5.41) is 2.76. The zero-order valence-corrected chi connectivity index (χ0v) is 41.1. The van der Waals surface area contributed by atoms with E-state index >= 15 is 0 Å². The van der Waals surface area contributed by atoms with Crippen molar-refractivity contribution < 1.29 is 4.74 Å². The van der Waals surface area contributed by atoms with Gasteiger partial charge < -0.3 is 14.5 Å². The molecule has 0 bridgehead atoms. The van der Waals surface area contributed by atoms with Crippen molar-refractivity contribution in [3.8, 4) is 5.75 Å². The monoisotopic (exact) mass is 903 g/mol. The summed E-state index contributed by atoms with van der Waals surface area (Å²) < 4.78 is 7.17. The van der Waals surface area contributed by atoms with Gasteiger partial charge >= 0.3 is 0 Å². The molecule has 0 amide bonds. The average molecular weight is 903 g/mol. The van der Waals surface area contributed by atoms with Crippen LogP contribution in [0.15, 0.2) is 196 Å². The number of anilines is 1. The van der Waals surface area contributed by atoms with E-state index in [-0.39, 0.29) is 28.9 Å². The summed E-state index contributed by atoms with van der Waals surface area (Å²) in [5.41, 5.74) is 21.2. The second-order valence-corrected chi connectivity index (χ2v) is 23.1. The standard InChI is InChI=1S/C66H66N2O/c1-65(2)59-19-11-9-17-53(59)55-30-27-50(38-61(55)65)67(47-24-21-41-13-5-7-15-43(41)33-47)49-26-23-45-36-58-57-32-29-52(40-64(57)69-63(58)37-46(45)35-49)68(48-25-22-42-14-6-8-16-44(42)34-48)51-28-31-56-54-18-10-12-20-60(54)66(3,4)62(56)39-51/h5-8,10-16,18-22,25,29,32-33,36-40,44,47,49,51,56,58,63H,9,17,23-24,26-28,30-31,34-35H2,1-4H3. The topological polar surface area (TPSA) is 15.7 Å². The van der Waals surface area contributed by atoms with Gasteiger partial charge in [0.25, 0.3) is 0 Å². The van der Waals surface area contributed by atoms with E-state index in [0.29, 0.717) is 23.9 Å². The highest BCUT2D eigenvalue weighted by molar-refractivity contribution is 5.66. The highest BCUT2D eigenvalue weighted by atomic mass is 16.5. The van der Waals surface area contributed by atoms with Crippen molar-refractivity contribution in [1.29, 1.82) is 0 Å². The summed E-state index contributed by atoms with van der Waals surface area (Å²) in [4.78, 5) is 5.62. The maximum atomic E-state index is 7.17. The van der Waals surface area contributed by atoms with E-state index in [1.54, 1.807) is 44.7 Å². The molecule has 0 saturated heterocycles. The van der Waals surface area contributed by atoms with Crippen molar-refractivity contribution in [2.45, 2.75) is 140 Å². The minimum absolute atomic E-state index is 0.0235. The number of rotatable bonds is 6. The number of hydrogen-bond donors (Lipinski definition) is 0. The molecular formula is C66H66N2O. The zero-order chi connectivity index (χ0) is 46.2. The Morgan fingerprint density at radius 3 is 2.46 bits per heavy atom. The van der Waals surface area contributed by atoms with Crippen molar-refractivity contribution in [3.63, 3.8) is 0 Å². The lowest BCUT2D eigenvalue weighted by atomic mass is 9.75. The van der Waals surface area contributed by atoms with E-state index in [1.165, 1.54) is 69.8 Å². The third-order valence-electron chi connectivity index (χ3n) is 18.7. The van der Waals surface area contributed by atoms with Crippen LogP contribution in [0.25, 0.3) is 12.2 Å². The van der Waals surface area contributed by atoms with E-state index in [2.05, 4.69) is 189 Å². The Morgan fingerprint density at radius 1 is 0.667 bits per heavy atom. The molecular weight excluding hydrogens is 837 g/mol. The van der Waals surface area contributed by atoms with E-state index in [1.807, 2.05) is 0 Å². The van der Waals surface area contributed by atoms with Crippen LogP contribution >= 0.6 is 0 Å². The van der Waals surface area contributed by atoms with E-state index in [0.717, 1.165) is 50.7 Å². The minimum Gasteiger partial charge on any atom is -0.485 e. The first-order valence-electron chi connectivity index (χ1n) is 26.7. The Kier molecular flexibility index (Phi) is 9.54. The Morgan fingerprint density at radius 2 is 1.54 bits per heavy atom. The Labute approximate surface area is 410 Å². The third kappa shape index (κ3) is 6.58. The predicted octanol–water partition coefficient (Wildman–Crippen LogP) is 13.9. The molecule has 1 fully saturated rings. The van der Waals surface area contributed by atoms with Gasteiger partial charge in [-0.2, -0.15) is 0 Å². The molecule has 11 aliphatic rings. The van der Waals surface area contributed by atoms with Crippen molar-refractivity contribution in [1.82, 2.24) is 4.90 Å². The number of nitrogens with zero attached hydrogens (tertiary/aromatic N) is 2. The second-order valence-electron chi connectivity index (χ2n) is 23.1. The van der Waals surface area contributed by atoms with E-state index < -0.39 is 0 Å². The van der Waals surface area contributed by atoms with Gasteiger partial charge in [-0.05, 0) is 155 Å². The molecule has 3 aromatic carbocycles. The molecule has 3 heteroatoms. The molecule has 1 aliphatic heterocycles. The summed E-state index contributed by atoms with van der Waals surface area (Å²) in [5.74, 6) is 2.24. The number of hydrogen-bond acceptors (Lipinski definition) is 3. The molecule has 346 valence electrons. The molecule has 14 rings (SSSR count). The third-order valence-corrected chi connectivity index (χ3v) is 18.7. The van der Waals surface area contributed by atoms with Gasteiger partial charge in [0.2, 0.25) is 0 Å². The van der Waals surface area contributed by atoms with Gasteiger partial charge in [0.1, 0.15) is 11.9 Å². The highest BCUT2D eigenvalue weighted by Crippen LogP contribution is 2.57. The molecule has 7 atom stereocenters. The molecule has 1 heterocycles. The molecule has 0 aromatic heterocycles. The molecule has 10 aliphatic carbocycles. The van der Waals surface area contributed by atoms with Crippen molar-refractivity contribution in [3.05, 3.63) is 223 Å². The number of fused-ring (bicyclic) bond motifs is 10. The maximum absolute atomic E-state index is 7.17. The first-order chi connectivity index (χ1) is 33.7. The van der Waals surface area contributed by atoms with Gasteiger partial charge in [0.15, 0.2) is 0 Å². The SMILES string of the molecule is CC1(C)C2=C(CCC=C2)C2=C1C=C(N(C1C=c3ccccc3=CC1)C1CCC3=CC4c5ccc(N(C6=CC=C7C=CC=CC7C6)C6C=C7C(CC6)c6ccccc6C7(C)C)cc5OC4C=C3C1)CC2. The Balaban J connectivity index is 0.782. The number of benzene rings is 3. The number of ether oxygens (including phenoxy) is 1. The molecule has 0 N–H and O–H groups in total. The zero-order valence-electron chi connectivity index (χ0n) is 41.1. The van der Waals surface area contributed by atoms with Crippen LogP contribution in [0.4, 0.5) is 5.69 Å². The summed E-state index contributed by atoms with van der Waals surface area (Å²) in [6.45, 7) is 9.86. The van der Waals surface area contributed by atoms with Gasteiger partial charge in [-0.1, -0.05) is 155 Å². The van der Waals surface area contributed by atoms with Crippen LogP contribution in [0.5, 0.6) is 5.75 Å². The van der Waals surface area contributed by atoms with Gasteiger partial charge in [0.05, 0.1) is 12.1 Å². The molecule has 0 spiro atoms. The van der Waals surface area contributed by atoms with Crippen LogP contribution in [-0.2, 0) is 5.41 Å². The molecule has 0 radical (unpaired) electrons. The van der Waals surface area contributed by atoms with E-state index in [4.69, 9.17) is 4.74 Å². The second kappa shape index (κ2) is 15.7. The normalized spacial score (nSPS) is 30.1. The average Bonchev–Trinajstić information content (AvgIpc) is 3.93.